The van der Waals surface area contributed by atoms with Gasteiger partial charge in [0.05, 0.1) is 20.2 Å². The molecular formula is C12H22N6O2. The van der Waals surface area contributed by atoms with E-state index in [4.69, 9.17) is 5.73 Å². The van der Waals surface area contributed by atoms with Gasteiger partial charge in [-0.3, -0.25) is 9.69 Å². The van der Waals surface area contributed by atoms with Gasteiger partial charge in [-0.1, -0.05) is 0 Å². The summed E-state index contributed by atoms with van der Waals surface area (Å²) >= 11 is 0. The van der Waals surface area contributed by atoms with E-state index in [1.807, 2.05) is 32.8 Å². The molecule has 1 aromatic heterocycles. The Morgan fingerprint density at radius 3 is 2.45 bits per heavy atom. The van der Waals surface area contributed by atoms with Gasteiger partial charge in [-0.25, -0.2) is 0 Å². The second-order valence-corrected chi connectivity index (χ2v) is 4.88. The van der Waals surface area contributed by atoms with Crippen LogP contribution in [0.15, 0.2) is 0 Å². The lowest BCUT2D eigenvalue weighted by Gasteiger charge is -2.24. The SMILES string of the molecule is COC(=O)CN(Cc1nc(N)nc(N(C)C)n1)C(C)C. The Labute approximate surface area is 119 Å². The topological polar surface area (TPSA) is 97.5 Å². The Kier molecular flexibility index (Phi) is 5.63. The molecule has 1 aromatic rings. The number of hydrogen-bond acceptors (Lipinski definition) is 8. The fourth-order valence-electron chi connectivity index (χ4n) is 1.53. The Bertz CT molecular complexity index is 463. The number of esters is 1. The van der Waals surface area contributed by atoms with Gasteiger partial charge in [0, 0.05) is 20.1 Å². The summed E-state index contributed by atoms with van der Waals surface area (Å²) in [6.07, 6.45) is 0. The summed E-state index contributed by atoms with van der Waals surface area (Å²) in [6, 6.07) is 0.148. The standard InChI is InChI=1S/C12H22N6O2/c1-8(2)18(7-10(19)20-5)6-9-14-11(13)16-12(15-9)17(3)4/h8H,6-7H2,1-5H3,(H2,13,14,15,16). The van der Waals surface area contributed by atoms with Crippen LogP contribution in [0.5, 0.6) is 0 Å². The zero-order valence-electron chi connectivity index (χ0n) is 12.6. The maximum Gasteiger partial charge on any atom is 0.319 e. The fourth-order valence-corrected chi connectivity index (χ4v) is 1.53. The predicted octanol–water partition coefficient (Wildman–Crippen LogP) is -0.0968. The zero-order chi connectivity index (χ0) is 15.3. The lowest BCUT2D eigenvalue weighted by atomic mass is 10.3. The average Bonchev–Trinajstić information content (AvgIpc) is 2.36. The van der Waals surface area contributed by atoms with E-state index in [-0.39, 0.29) is 24.5 Å². The molecule has 0 bridgehead atoms. The van der Waals surface area contributed by atoms with E-state index in [0.29, 0.717) is 18.3 Å². The number of nitrogen functional groups attached to an aromatic ring is 1. The first-order chi connectivity index (χ1) is 9.33. The maximum absolute atomic E-state index is 11.4. The van der Waals surface area contributed by atoms with E-state index in [1.165, 1.54) is 7.11 Å². The second kappa shape index (κ2) is 6.99. The van der Waals surface area contributed by atoms with Crippen molar-refractivity contribution in [1.29, 1.82) is 0 Å². The summed E-state index contributed by atoms with van der Waals surface area (Å²) in [5.41, 5.74) is 5.68. The number of hydrogen-bond donors (Lipinski definition) is 1. The van der Waals surface area contributed by atoms with Crippen molar-refractivity contribution in [2.24, 2.45) is 0 Å². The lowest BCUT2D eigenvalue weighted by Crippen LogP contribution is -2.36. The van der Waals surface area contributed by atoms with Gasteiger partial charge in [-0.15, -0.1) is 0 Å². The number of ether oxygens (including phenoxy) is 1. The van der Waals surface area contributed by atoms with Crippen molar-refractivity contribution in [1.82, 2.24) is 19.9 Å². The third-order valence-electron chi connectivity index (χ3n) is 2.72. The van der Waals surface area contributed by atoms with Crippen molar-refractivity contribution in [3.05, 3.63) is 5.82 Å². The Morgan fingerprint density at radius 2 is 1.95 bits per heavy atom. The van der Waals surface area contributed by atoms with Gasteiger partial charge >= 0.3 is 5.97 Å². The number of rotatable bonds is 6. The molecule has 112 valence electrons. The number of anilines is 2. The van der Waals surface area contributed by atoms with Crippen LogP contribution < -0.4 is 10.6 Å². The summed E-state index contributed by atoms with van der Waals surface area (Å²) in [5, 5.41) is 0. The Morgan fingerprint density at radius 1 is 1.30 bits per heavy atom. The molecule has 0 aliphatic rings. The second-order valence-electron chi connectivity index (χ2n) is 4.88. The smallest absolute Gasteiger partial charge is 0.319 e. The number of nitrogens with two attached hydrogens (primary N) is 1. The van der Waals surface area contributed by atoms with Gasteiger partial charge < -0.3 is 15.4 Å². The number of carbonyl (C=O) groups is 1. The van der Waals surface area contributed by atoms with Crippen LogP contribution in [0.4, 0.5) is 11.9 Å². The normalized spacial score (nSPS) is 10.9. The van der Waals surface area contributed by atoms with Crippen LogP contribution >= 0.6 is 0 Å². The third-order valence-corrected chi connectivity index (χ3v) is 2.72. The minimum atomic E-state index is -0.298. The summed E-state index contributed by atoms with van der Waals surface area (Å²) in [6.45, 7) is 4.55. The molecule has 20 heavy (non-hydrogen) atoms. The summed E-state index contributed by atoms with van der Waals surface area (Å²) in [7, 11) is 5.02. The first-order valence-corrected chi connectivity index (χ1v) is 6.32. The molecule has 8 nitrogen and oxygen atoms in total. The molecule has 1 heterocycles. The van der Waals surface area contributed by atoms with Gasteiger partial charge in [0.1, 0.15) is 5.82 Å². The van der Waals surface area contributed by atoms with E-state index in [1.54, 1.807) is 4.90 Å². The van der Waals surface area contributed by atoms with Crippen molar-refractivity contribution in [2.75, 3.05) is 38.4 Å². The van der Waals surface area contributed by atoms with Crippen LogP contribution in [-0.2, 0) is 16.1 Å². The van der Waals surface area contributed by atoms with E-state index >= 15 is 0 Å². The zero-order valence-corrected chi connectivity index (χ0v) is 12.6. The largest absolute Gasteiger partial charge is 0.468 e. The van der Waals surface area contributed by atoms with Gasteiger partial charge in [0.25, 0.3) is 0 Å². The van der Waals surface area contributed by atoms with Gasteiger partial charge in [0.15, 0.2) is 0 Å². The molecule has 0 amide bonds. The van der Waals surface area contributed by atoms with E-state index < -0.39 is 0 Å². The first-order valence-electron chi connectivity index (χ1n) is 6.32. The minimum Gasteiger partial charge on any atom is -0.468 e. The summed E-state index contributed by atoms with van der Waals surface area (Å²) in [5.74, 6) is 0.891. The fraction of sp³-hybridized carbons (Fsp3) is 0.667. The number of methoxy groups -OCH3 is 1. The quantitative estimate of drug-likeness (QED) is 0.723. The van der Waals surface area contributed by atoms with Crippen LogP contribution in [0.1, 0.15) is 19.7 Å². The number of nitrogens with zero attached hydrogens (tertiary/aromatic N) is 5. The molecule has 0 aliphatic heterocycles. The molecule has 0 aromatic carbocycles. The molecule has 2 N–H and O–H groups in total. The van der Waals surface area contributed by atoms with Crippen LogP contribution in [0.3, 0.4) is 0 Å². The lowest BCUT2D eigenvalue weighted by molar-refractivity contribution is -0.142. The van der Waals surface area contributed by atoms with E-state index in [9.17, 15) is 4.79 Å². The van der Waals surface area contributed by atoms with Crippen molar-refractivity contribution in [3.63, 3.8) is 0 Å². The van der Waals surface area contributed by atoms with Crippen LogP contribution in [0, 0.1) is 0 Å². The highest BCUT2D eigenvalue weighted by molar-refractivity contribution is 5.71. The van der Waals surface area contributed by atoms with Crippen molar-refractivity contribution in [2.45, 2.75) is 26.4 Å². The van der Waals surface area contributed by atoms with Crippen LogP contribution in [0.25, 0.3) is 0 Å². The molecule has 0 radical (unpaired) electrons. The van der Waals surface area contributed by atoms with Crippen LogP contribution in [-0.4, -0.2) is 59.6 Å². The van der Waals surface area contributed by atoms with Gasteiger partial charge in [-0.05, 0) is 13.8 Å². The minimum absolute atomic E-state index is 0.148. The molecule has 0 saturated carbocycles. The molecule has 0 atom stereocenters. The Balaban J connectivity index is 2.90. The number of aromatic nitrogens is 3. The van der Waals surface area contributed by atoms with Gasteiger partial charge in [-0.2, -0.15) is 15.0 Å². The maximum atomic E-state index is 11.4. The highest BCUT2D eigenvalue weighted by atomic mass is 16.5. The molecule has 0 saturated heterocycles. The predicted molar refractivity (Wildman–Crippen MR) is 76.1 cm³/mol. The van der Waals surface area contributed by atoms with Crippen LogP contribution in [0.2, 0.25) is 0 Å². The molecular weight excluding hydrogens is 260 g/mol. The molecule has 8 heteroatoms. The molecule has 1 rings (SSSR count). The van der Waals surface area contributed by atoms with E-state index in [2.05, 4.69) is 19.7 Å². The van der Waals surface area contributed by atoms with Gasteiger partial charge in [0.2, 0.25) is 11.9 Å². The average molecular weight is 282 g/mol. The molecule has 0 unspecified atom stereocenters. The van der Waals surface area contributed by atoms with E-state index in [0.717, 1.165) is 0 Å². The summed E-state index contributed by atoms with van der Waals surface area (Å²) in [4.78, 5) is 27.5. The third kappa shape index (κ3) is 4.61. The number of carbonyl (C=O) groups excluding carboxylic acids is 1. The monoisotopic (exact) mass is 282 g/mol. The molecule has 0 spiro atoms. The molecule has 0 fully saturated rings. The van der Waals surface area contributed by atoms with Crippen molar-refractivity contribution in [3.8, 4) is 0 Å². The van der Waals surface area contributed by atoms with Crippen molar-refractivity contribution < 1.29 is 9.53 Å². The molecule has 0 aliphatic carbocycles. The van der Waals surface area contributed by atoms with Crippen molar-refractivity contribution >= 4 is 17.9 Å². The highest BCUT2D eigenvalue weighted by Gasteiger charge is 2.17. The highest BCUT2D eigenvalue weighted by Crippen LogP contribution is 2.09. The summed E-state index contributed by atoms with van der Waals surface area (Å²) < 4.78 is 4.69. The first kappa shape index (κ1) is 16.1. The Hall–Kier alpha value is -1.96.